The van der Waals surface area contributed by atoms with Crippen LogP contribution in [0.4, 0.5) is 0 Å². The summed E-state index contributed by atoms with van der Waals surface area (Å²) in [6.45, 7) is 2.71. The summed E-state index contributed by atoms with van der Waals surface area (Å²) in [5.74, 6) is 0.939. The number of nitrogens with zero attached hydrogens (tertiary/aromatic N) is 2. The molecule has 1 saturated heterocycles. The summed E-state index contributed by atoms with van der Waals surface area (Å²) in [5.41, 5.74) is 6.43. The minimum atomic E-state index is -0.0669. The number of hydrogen-bond donors (Lipinski definition) is 1. The number of thiazole rings is 1. The maximum Gasteiger partial charge on any atom is 0.289 e. The Labute approximate surface area is 161 Å². The number of hydrogen-bond acceptors (Lipinski definition) is 6. The van der Waals surface area contributed by atoms with E-state index in [0.29, 0.717) is 37.8 Å². The molecular formula is C20H23N3O3S. The maximum atomic E-state index is 12.7. The summed E-state index contributed by atoms with van der Waals surface area (Å²) in [6, 6.07) is 11.5. The summed E-state index contributed by atoms with van der Waals surface area (Å²) < 4.78 is 12.7. The number of piperidine rings is 1. The Morgan fingerprint density at radius 3 is 2.85 bits per heavy atom. The second-order valence-corrected chi connectivity index (χ2v) is 7.69. The number of nitrogens with two attached hydrogens (primary N) is 1. The predicted molar refractivity (Wildman–Crippen MR) is 106 cm³/mol. The van der Waals surface area contributed by atoms with Gasteiger partial charge >= 0.3 is 0 Å². The molecule has 3 heterocycles. The maximum absolute atomic E-state index is 12.7. The Kier molecular flexibility index (Phi) is 5.52. The molecule has 142 valence electrons. The summed E-state index contributed by atoms with van der Waals surface area (Å²) in [6.07, 6.45) is 2.79. The molecular weight excluding hydrogens is 362 g/mol. The van der Waals surface area contributed by atoms with Crippen LogP contribution < -0.4 is 5.73 Å². The molecule has 1 amide bonds. The lowest BCUT2D eigenvalue weighted by atomic mass is 10.1. The van der Waals surface area contributed by atoms with Crippen molar-refractivity contribution < 1.29 is 13.9 Å². The third-order valence-electron chi connectivity index (χ3n) is 4.75. The van der Waals surface area contributed by atoms with Crippen LogP contribution in [0, 0.1) is 0 Å². The van der Waals surface area contributed by atoms with E-state index >= 15 is 0 Å². The van der Waals surface area contributed by atoms with Gasteiger partial charge in [-0.05, 0) is 50.1 Å². The molecule has 0 aliphatic carbocycles. The van der Waals surface area contributed by atoms with Gasteiger partial charge in [0.1, 0.15) is 0 Å². The van der Waals surface area contributed by atoms with Crippen LogP contribution in [0.15, 0.2) is 40.8 Å². The first kappa shape index (κ1) is 18.2. The molecule has 0 bridgehead atoms. The van der Waals surface area contributed by atoms with Crippen LogP contribution in [0.1, 0.15) is 29.8 Å². The molecule has 3 aromatic rings. The van der Waals surface area contributed by atoms with Gasteiger partial charge in [0.2, 0.25) is 0 Å². The zero-order valence-corrected chi connectivity index (χ0v) is 15.9. The van der Waals surface area contributed by atoms with Crippen molar-refractivity contribution in [1.82, 2.24) is 9.88 Å². The highest BCUT2D eigenvalue weighted by Gasteiger charge is 2.26. The van der Waals surface area contributed by atoms with Crippen LogP contribution >= 0.6 is 11.3 Å². The average Bonchev–Trinajstić information content (AvgIpc) is 3.35. The first-order valence-corrected chi connectivity index (χ1v) is 10.1. The second kappa shape index (κ2) is 8.21. The van der Waals surface area contributed by atoms with Crippen molar-refractivity contribution in [2.24, 2.45) is 5.73 Å². The molecule has 2 aromatic heterocycles. The van der Waals surface area contributed by atoms with Crippen molar-refractivity contribution in [3.63, 3.8) is 0 Å². The van der Waals surface area contributed by atoms with Gasteiger partial charge in [0.25, 0.3) is 5.91 Å². The lowest BCUT2D eigenvalue weighted by Crippen LogP contribution is -2.40. The number of aromatic nitrogens is 1. The normalized spacial score (nSPS) is 15.5. The number of furan rings is 1. The van der Waals surface area contributed by atoms with E-state index in [1.807, 2.05) is 35.2 Å². The third kappa shape index (κ3) is 4.05. The fourth-order valence-corrected chi connectivity index (χ4v) is 4.19. The van der Waals surface area contributed by atoms with Crippen LogP contribution in [-0.2, 0) is 4.74 Å². The molecule has 1 aliphatic heterocycles. The van der Waals surface area contributed by atoms with Gasteiger partial charge < -0.3 is 19.8 Å². The van der Waals surface area contributed by atoms with E-state index < -0.39 is 0 Å². The van der Waals surface area contributed by atoms with E-state index in [9.17, 15) is 4.79 Å². The lowest BCUT2D eigenvalue weighted by molar-refractivity contribution is 0.00766. The molecule has 0 radical (unpaired) electrons. The number of carbonyl (C=O) groups excluding carboxylic acids is 1. The van der Waals surface area contributed by atoms with Gasteiger partial charge in [-0.15, -0.1) is 11.3 Å². The van der Waals surface area contributed by atoms with Gasteiger partial charge in [-0.2, -0.15) is 0 Å². The number of ether oxygens (including phenoxy) is 1. The SMILES string of the molecule is NCCCOC1CCN(C(=O)c2ccc(-c3nc4ccccc4s3)o2)CC1. The van der Waals surface area contributed by atoms with E-state index in [-0.39, 0.29) is 12.0 Å². The fraction of sp³-hybridized carbons (Fsp3) is 0.400. The predicted octanol–water partition coefficient (Wildman–Crippen LogP) is 3.53. The zero-order valence-electron chi connectivity index (χ0n) is 15.1. The zero-order chi connectivity index (χ0) is 18.6. The number of rotatable bonds is 6. The van der Waals surface area contributed by atoms with Crippen molar-refractivity contribution in [2.45, 2.75) is 25.4 Å². The molecule has 27 heavy (non-hydrogen) atoms. The summed E-state index contributed by atoms with van der Waals surface area (Å²) >= 11 is 1.57. The number of para-hydroxylation sites is 1. The van der Waals surface area contributed by atoms with Crippen molar-refractivity contribution in [3.8, 4) is 10.8 Å². The summed E-state index contributed by atoms with van der Waals surface area (Å²) in [4.78, 5) is 19.2. The van der Waals surface area contributed by atoms with E-state index in [2.05, 4.69) is 4.98 Å². The molecule has 7 heteroatoms. The van der Waals surface area contributed by atoms with E-state index in [1.54, 1.807) is 17.4 Å². The smallest absolute Gasteiger partial charge is 0.289 e. The van der Waals surface area contributed by atoms with Gasteiger partial charge in [-0.25, -0.2) is 4.98 Å². The van der Waals surface area contributed by atoms with Crippen molar-refractivity contribution in [3.05, 3.63) is 42.2 Å². The molecule has 1 aliphatic rings. The largest absolute Gasteiger partial charge is 0.448 e. The summed E-state index contributed by atoms with van der Waals surface area (Å²) in [5, 5.41) is 0.794. The van der Waals surface area contributed by atoms with E-state index in [1.165, 1.54) is 0 Å². The Bertz CT molecular complexity index is 879. The van der Waals surface area contributed by atoms with Crippen molar-refractivity contribution in [1.29, 1.82) is 0 Å². The van der Waals surface area contributed by atoms with E-state index in [4.69, 9.17) is 14.9 Å². The Hall–Kier alpha value is -2.22. The molecule has 4 rings (SSSR count). The van der Waals surface area contributed by atoms with Crippen molar-refractivity contribution in [2.75, 3.05) is 26.2 Å². The van der Waals surface area contributed by atoms with Gasteiger partial charge in [0.15, 0.2) is 16.5 Å². The Balaban J connectivity index is 1.39. The molecule has 0 saturated carbocycles. The summed E-state index contributed by atoms with van der Waals surface area (Å²) in [7, 11) is 0. The third-order valence-corrected chi connectivity index (χ3v) is 5.80. The number of benzene rings is 1. The minimum Gasteiger partial charge on any atom is -0.448 e. The number of fused-ring (bicyclic) bond motifs is 1. The fourth-order valence-electron chi connectivity index (χ4n) is 3.26. The van der Waals surface area contributed by atoms with Gasteiger partial charge in [-0.3, -0.25) is 4.79 Å². The lowest BCUT2D eigenvalue weighted by Gasteiger charge is -2.31. The van der Waals surface area contributed by atoms with Crippen LogP contribution in [-0.4, -0.2) is 48.1 Å². The van der Waals surface area contributed by atoms with Crippen LogP contribution in [0.5, 0.6) is 0 Å². The van der Waals surface area contributed by atoms with Gasteiger partial charge in [0, 0.05) is 19.7 Å². The van der Waals surface area contributed by atoms with Gasteiger partial charge in [-0.1, -0.05) is 12.1 Å². The number of likely N-dealkylation sites (tertiary alicyclic amines) is 1. The van der Waals surface area contributed by atoms with E-state index in [0.717, 1.165) is 34.5 Å². The first-order valence-electron chi connectivity index (χ1n) is 9.31. The number of amides is 1. The monoisotopic (exact) mass is 385 g/mol. The topological polar surface area (TPSA) is 81.6 Å². The Morgan fingerprint density at radius 1 is 1.26 bits per heavy atom. The van der Waals surface area contributed by atoms with Crippen LogP contribution in [0.25, 0.3) is 21.0 Å². The first-order chi connectivity index (χ1) is 13.2. The molecule has 0 unspecified atom stereocenters. The van der Waals surface area contributed by atoms with Gasteiger partial charge in [0.05, 0.1) is 16.3 Å². The molecule has 6 nitrogen and oxygen atoms in total. The number of carbonyl (C=O) groups is 1. The molecule has 0 spiro atoms. The molecule has 1 fully saturated rings. The standard InChI is InChI=1S/C20H23N3O3S/c21-10-3-13-25-14-8-11-23(12-9-14)20(24)17-7-6-16(26-17)19-22-15-4-1-2-5-18(15)27-19/h1-2,4-7,14H,3,8-13,21H2. The minimum absolute atomic E-state index is 0.0669. The highest BCUT2D eigenvalue weighted by atomic mass is 32.1. The molecule has 0 atom stereocenters. The van der Waals surface area contributed by atoms with Crippen molar-refractivity contribution >= 4 is 27.5 Å². The molecule has 1 aromatic carbocycles. The highest BCUT2D eigenvalue weighted by Crippen LogP contribution is 2.31. The quantitative estimate of drug-likeness (QED) is 0.657. The average molecular weight is 385 g/mol. The molecule has 2 N–H and O–H groups in total. The highest BCUT2D eigenvalue weighted by molar-refractivity contribution is 7.21. The van der Waals surface area contributed by atoms with Crippen LogP contribution in [0.3, 0.4) is 0 Å². The second-order valence-electron chi connectivity index (χ2n) is 6.66. The Morgan fingerprint density at radius 2 is 2.07 bits per heavy atom. The van der Waals surface area contributed by atoms with Crippen LogP contribution in [0.2, 0.25) is 0 Å².